The first kappa shape index (κ1) is 13.4. The lowest BCUT2D eigenvalue weighted by molar-refractivity contribution is -0.140. The molecular weight excluding hydrogens is 228 g/mol. The van der Waals surface area contributed by atoms with E-state index < -0.39 is 5.60 Å². The molecule has 3 heteroatoms. The van der Waals surface area contributed by atoms with Gasteiger partial charge in [0.05, 0.1) is 18.8 Å². The molecule has 18 heavy (non-hydrogen) atoms. The van der Waals surface area contributed by atoms with Gasteiger partial charge in [0.1, 0.15) is 5.75 Å². The third-order valence-corrected chi connectivity index (χ3v) is 3.66. The summed E-state index contributed by atoms with van der Waals surface area (Å²) in [6.07, 6.45) is 3.52. The van der Waals surface area contributed by atoms with Crippen LogP contribution >= 0.6 is 0 Å². The Hall–Kier alpha value is -1.06. The maximum Gasteiger partial charge on any atom is 0.118 e. The van der Waals surface area contributed by atoms with E-state index in [1.807, 2.05) is 19.1 Å². The van der Waals surface area contributed by atoms with Crippen LogP contribution in [-0.4, -0.2) is 30.5 Å². The van der Waals surface area contributed by atoms with E-state index >= 15 is 0 Å². The van der Waals surface area contributed by atoms with E-state index in [0.29, 0.717) is 0 Å². The molecule has 0 spiro atoms. The lowest BCUT2D eigenvalue weighted by Crippen LogP contribution is -2.48. The van der Waals surface area contributed by atoms with E-state index in [-0.39, 0.29) is 6.10 Å². The van der Waals surface area contributed by atoms with E-state index in [0.717, 1.165) is 38.0 Å². The highest BCUT2D eigenvalue weighted by molar-refractivity contribution is 5.27. The number of hydrogen-bond acceptors (Lipinski definition) is 3. The number of ether oxygens (including phenoxy) is 2. The van der Waals surface area contributed by atoms with Crippen molar-refractivity contribution in [2.45, 2.75) is 44.3 Å². The standard InChI is InChI=1S/C15H22O3/c1-3-18-14-10-15(16,11-14)9-8-12-4-6-13(17-2)7-5-12/h4-7,14,16H,3,8-11H2,1-2H3. The van der Waals surface area contributed by atoms with Gasteiger partial charge >= 0.3 is 0 Å². The van der Waals surface area contributed by atoms with Crippen molar-refractivity contribution in [1.29, 1.82) is 0 Å². The molecule has 1 aromatic rings. The van der Waals surface area contributed by atoms with Crippen molar-refractivity contribution in [3.63, 3.8) is 0 Å². The topological polar surface area (TPSA) is 38.7 Å². The normalized spacial score (nSPS) is 26.7. The van der Waals surface area contributed by atoms with E-state index in [4.69, 9.17) is 9.47 Å². The first-order valence-electron chi connectivity index (χ1n) is 6.62. The number of methoxy groups -OCH3 is 1. The smallest absolute Gasteiger partial charge is 0.118 e. The summed E-state index contributed by atoms with van der Waals surface area (Å²) in [5, 5.41) is 10.3. The van der Waals surface area contributed by atoms with Crippen molar-refractivity contribution >= 4 is 0 Å². The first-order chi connectivity index (χ1) is 8.65. The van der Waals surface area contributed by atoms with Gasteiger partial charge in [0.25, 0.3) is 0 Å². The molecule has 3 nitrogen and oxygen atoms in total. The molecular formula is C15H22O3. The maximum absolute atomic E-state index is 10.3. The highest BCUT2D eigenvalue weighted by Crippen LogP contribution is 2.38. The van der Waals surface area contributed by atoms with Gasteiger partial charge in [-0.25, -0.2) is 0 Å². The van der Waals surface area contributed by atoms with Crippen LogP contribution in [0.4, 0.5) is 0 Å². The van der Waals surface area contributed by atoms with Gasteiger partial charge in [-0.15, -0.1) is 0 Å². The largest absolute Gasteiger partial charge is 0.497 e. The van der Waals surface area contributed by atoms with E-state index in [1.54, 1.807) is 7.11 Å². The minimum atomic E-state index is -0.514. The van der Waals surface area contributed by atoms with Crippen molar-refractivity contribution in [2.75, 3.05) is 13.7 Å². The zero-order valence-corrected chi connectivity index (χ0v) is 11.2. The molecule has 0 unspecified atom stereocenters. The Bertz CT molecular complexity index is 366. The van der Waals surface area contributed by atoms with Crippen LogP contribution in [0.15, 0.2) is 24.3 Å². The van der Waals surface area contributed by atoms with Crippen molar-refractivity contribution in [2.24, 2.45) is 0 Å². The minimum Gasteiger partial charge on any atom is -0.497 e. The molecule has 0 aliphatic heterocycles. The molecule has 0 heterocycles. The number of hydrogen-bond donors (Lipinski definition) is 1. The SMILES string of the molecule is CCOC1CC(O)(CCc2ccc(OC)cc2)C1. The summed E-state index contributed by atoms with van der Waals surface area (Å²) >= 11 is 0. The number of rotatable bonds is 6. The number of benzene rings is 1. The second-order valence-electron chi connectivity index (χ2n) is 5.06. The molecule has 100 valence electrons. The summed E-state index contributed by atoms with van der Waals surface area (Å²) in [6.45, 7) is 2.73. The zero-order chi connectivity index (χ0) is 13.0. The number of aliphatic hydroxyl groups is 1. The first-order valence-corrected chi connectivity index (χ1v) is 6.62. The second-order valence-corrected chi connectivity index (χ2v) is 5.06. The lowest BCUT2D eigenvalue weighted by Gasteiger charge is -2.43. The predicted molar refractivity (Wildman–Crippen MR) is 70.9 cm³/mol. The van der Waals surface area contributed by atoms with Gasteiger partial charge < -0.3 is 14.6 Å². The average molecular weight is 250 g/mol. The lowest BCUT2D eigenvalue weighted by atomic mass is 9.74. The van der Waals surface area contributed by atoms with Crippen LogP contribution < -0.4 is 4.74 Å². The Kier molecular flexibility index (Phi) is 4.25. The fourth-order valence-electron chi connectivity index (χ4n) is 2.51. The Morgan fingerprint density at radius 1 is 1.28 bits per heavy atom. The van der Waals surface area contributed by atoms with E-state index in [2.05, 4.69) is 12.1 Å². The van der Waals surface area contributed by atoms with Gasteiger partial charge in [-0.05, 0) is 37.5 Å². The molecule has 0 saturated heterocycles. The third-order valence-electron chi connectivity index (χ3n) is 3.66. The summed E-state index contributed by atoms with van der Waals surface area (Å²) < 4.78 is 10.6. The molecule has 1 aliphatic rings. The fraction of sp³-hybridized carbons (Fsp3) is 0.600. The maximum atomic E-state index is 10.3. The summed E-state index contributed by atoms with van der Waals surface area (Å²) in [7, 11) is 1.67. The Balaban J connectivity index is 1.77. The Labute approximate surface area is 109 Å². The van der Waals surface area contributed by atoms with Crippen LogP contribution in [-0.2, 0) is 11.2 Å². The van der Waals surface area contributed by atoms with Crippen molar-refractivity contribution in [1.82, 2.24) is 0 Å². The molecule has 0 aromatic heterocycles. The molecule has 1 aliphatic carbocycles. The molecule has 2 rings (SSSR count). The number of aryl methyl sites for hydroxylation is 1. The summed E-state index contributed by atoms with van der Waals surface area (Å²) in [5.74, 6) is 0.873. The third kappa shape index (κ3) is 3.24. The van der Waals surface area contributed by atoms with Gasteiger partial charge in [0, 0.05) is 19.4 Å². The Morgan fingerprint density at radius 3 is 2.50 bits per heavy atom. The van der Waals surface area contributed by atoms with E-state index in [9.17, 15) is 5.11 Å². The van der Waals surface area contributed by atoms with Crippen molar-refractivity contribution in [3.05, 3.63) is 29.8 Å². The van der Waals surface area contributed by atoms with Gasteiger partial charge in [-0.2, -0.15) is 0 Å². The van der Waals surface area contributed by atoms with Crippen LogP contribution in [0.2, 0.25) is 0 Å². The average Bonchev–Trinajstić information content (AvgIpc) is 2.35. The molecule has 0 radical (unpaired) electrons. The summed E-state index contributed by atoms with van der Waals surface area (Å²) in [5.41, 5.74) is 0.726. The van der Waals surface area contributed by atoms with Gasteiger partial charge in [-0.3, -0.25) is 0 Å². The van der Waals surface area contributed by atoms with Gasteiger partial charge in [0.2, 0.25) is 0 Å². The monoisotopic (exact) mass is 250 g/mol. The quantitative estimate of drug-likeness (QED) is 0.843. The molecule has 1 saturated carbocycles. The van der Waals surface area contributed by atoms with Gasteiger partial charge in [0.15, 0.2) is 0 Å². The van der Waals surface area contributed by atoms with Crippen LogP contribution in [0.5, 0.6) is 5.75 Å². The van der Waals surface area contributed by atoms with Crippen LogP contribution in [0.3, 0.4) is 0 Å². The molecule has 1 N–H and O–H groups in total. The predicted octanol–water partition coefficient (Wildman–Crippen LogP) is 2.56. The summed E-state index contributed by atoms with van der Waals surface area (Å²) in [6, 6.07) is 8.04. The highest BCUT2D eigenvalue weighted by atomic mass is 16.5. The van der Waals surface area contributed by atoms with Crippen LogP contribution in [0.25, 0.3) is 0 Å². The minimum absolute atomic E-state index is 0.260. The molecule has 1 fully saturated rings. The second kappa shape index (κ2) is 5.72. The molecule has 0 atom stereocenters. The van der Waals surface area contributed by atoms with Gasteiger partial charge in [-0.1, -0.05) is 12.1 Å². The molecule has 0 bridgehead atoms. The van der Waals surface area contributed by atoms with E-state index in [1.165, 1.54) is 5.56 Å². The van der Waals surface area contributed by atoms with Crippen LogP contribution in [0.1, 0.15) is 31.7 Å². The summed E-state index contributed by atoms with van der Waals surface area (Å²) in [4.78, 5) is 0. The zero-order valence-electron chi connectivity index (χ0n) is 11.2. The molecule has 0 amide bonds. The molecule has 1 aromatic carbocycles. The van der Waals surface area contributed by atoms with Crippen LogP contribution in [0, 0.1) is 0 Å². The Morgan fingerprint density at radius 2 is 1.94 bits per heavy atom. The van der Waals surface area contributed by atoms with Crippen molar-refractivity contribution in [3.8, 4) is 5.75 Å². The highest BCUT2D eigenvalue weighted by Gasteiger charge is 2.42. The fourth-order valence-corrected chi connectivity index (χ4v) is 2.51. The van der Waals surface area contributed by atoms with Crippen molar-refractivity contribution < 1.29 is 14.6 Å².